The molecular weight excluding hydrogens is 497 g/mol. The summed E-state index contributed by atoms with van der Waals surface area (Å²) in [7, 11) is 1.47. The average molecular weight is 524 g/mol. The molecule has 0 spiro atoms. The van der Waals surface area contributed by atoms with Gasteiger partial charge in [-0.1, -0.05) is 37.6 Å². The molecular formula is C29H27ClFNO5. The number of methoxy groups -OCH3 is 1. The maximum Gasteiger partial charge on any atom is 0.300 e. The molecule has 6 nitrogen and oxygen atoms in total. The molecule has 3 aromatic carbocycles. The fourth-order valence-electron chi connectivity index (χ4n) is 4.24. The summed E-state index contributed by atoms with van der Waals surface area (Å²) < 4.78 is 24.8. The van der Waals surface area contributed by atoms with Crippen molar-refractivity contribution in [3.8, 4) is 11.5 Å². The summed E-state index contributed by atoms with van der Waals surface area (Å²) in [4.78, 5) is 27.9. The molecule has 1 amide bonds. The third-order valence-corrected chi connectivity index (χ3v) is 6.36. The Morgan fingerprint density at radius 2 is 1.73 bits per heavy atom. The Labute approximate surface area is 219 Å². The molecule has 192 valence electrons. The molecule has 1 unspecified atom stereocenters. The minimum atomic E-state index is -1.01. The minimum Gasteiger partial charge on any atom is -0.507 e. The molecule has 1 heterocycles. The number of hydrogen-bond acceptors (Lipinski definition) is 5. The van der Waals surface area contributed by atoms with E-state index < -0.39 is 23.5 Å². The molecule has 1 aliphatic rings. The van der Waals surface area contributed by atoms with E-state index >= 15 is 0 Å². The van der Waals surface area contributed by atoms with Crippen LogP contribution in [0.3, 0.4) is 0 Å². The fraction of sp³-hybridized carbons (Fsp3) is 0.241. The van der Waals surface area contributed by atoms with Crippen molar-refractivity contribution in [1.29, 1.82) is 0 Å². The van der Waals surface area contributed by atoms with Crippen molar-refractivity contribution >= 4 is 34.7 Å². The van der Waals surface area contributed by atoms with E-state index in [-0.39, 0.29) is 16.4 Å². The van der Waals surface area contributed by atoms with E-state index in [2.05, 4.69) is 0 Å². The molecule has 0 aliphatic carbocycles. The molecule has 4 rings (SSSR count). The second-order valence-corrected chi connectivity index (χ2v) is 9.63. The minimum absolute atomic E-state index is 0.112. The van der Waals surface area contributed by atoms with Crippen LogP contribution in [-0.4, -0.2) is 30.5 Å². The first-order chi connectivity index (χ1) is 17.6. The van der Waals surface area contributed by atoms with Gasteiger partial charge in [-0.3, -0.25) is 14.5 Å². The molecule has 1 fully saturated rings. The number of anilines is 1. The first kappa shape index (κ1) is 26.2. The molecule has 1 N–H and O–H groups in total. The Kier molecular flexibility index (Phi) is 7.55. The zero-order chi connectivity index (χ0) is 26.9. The van der Waals surface area contributed by atoms with E-state index in [0.29, 0.717) is 40.8 Å². The number of ketones is 1. The van der Waals surface area contributed by atoms with Gasteiger partial charge < -0.3 is 14.6 Å². The third-order valence-electron chi connectivity index (χ3n) is 6.06. The van der Waals surface area contributed by atoms with Crippen LogP contribution < -0.4 is 14.4 Å². The Morgan fingerprint density at radius 3 is 2.32 bits per heavy atom. The van der Waals surface area contributed by atoms with Gasteiger partial charge in [0.2, 0.25) is 0 Å². The molecule has 1 atom stereocenters. The number of aliphatic hydroxyl groups excluding tert-OH is 1. The van der Waals surface area contributed by atoms with Crippen LogP contribution in [0.4, 0.5) is 10.1 Å². The molecule has 0 saturated carbocycles. The van der Waals surface area contributed by atoms with Crippen molar-refractivity contribution in [3.05, 3.63) is 93.8 Å². The van der Waals surface area contributed by atoms with Crippen LogP contribution in [-0.2, 0) is 9.59 Å². The van der Waals surface area contributed by atoms with Gasteiger partial charge in [0.15, 0.2) is 0 Å². The number of Topliss-reactive ketones (excluding diaryl/α,β-unsaturated/α-hetero) is 1. The fourth-order valence-corrected chi connectivity index (χ4v) is 4.49. The van der Waals surface area contributed by atoms with E-state index in [1.54, 1.807) is 30.3 Å². The second kappa shape index (κ2) is 10.6. The third kappa shape index (κ3) is 5.18. The highest BCUT2D eigenvalue weighted by atomic mass is 35.5. The molecule has 37 heavy (non-hydrogen) atoms. The van der Waals surface area contributed by atoms with Gasteiger partial charge in [0.1, 0.15) is 23.1 Å². The van der Waals surface area contributed by atoms with Gasteiger partial charge in [0, 0.05) is 11.3 Å². The van der Waals surface area contributed by atoms with E-state index in [1.165, 1.54) is 42.3 Å². The lowest BCUT2D eigenvalue weighted by atomic mass is 9.94. The summed E-state index contributed by atoms with van der Waals surface area (Å²) >= 11 is 6.31. The lowest BCUT2D eigenvalue weighted by Gasteiger charge is -2.26. The van der Waals surface area contributed by atoms with Gasteiger partial charge in [-0.05, 0) is 72.5 Å². The SMILES string of the molecule is COc1ccc(N2C(=O)C(=O)/C(=C(/O)c3ccc(OCC(C)C)c(C)c3)C2c2ccc(F)cc2)cc1Cl. The number of amides is 1. The summed E-state index contributed by atoms with van der Waals surface area (Å²) in [5, 5.41) is 11.6. The molecule has 0 bridgehead atoms. The van der Waals surface area contributed by atoms with E-state index in [4.69, 9.17) is 21.1 Å². The number of rotatable bonds is 7. The Bertz CT molecular complexity index is 1380. The first-order valence-electron chi connectivity index (χ1n) is 11.8. The quantitative estimate of drug-likeness (QED) is 0.218. The Balaban J connectivity index is 1.85. The molecule has 0 radical (unpaired) electrons. The number of aryl methyl sites for hydroxylation is 1. The van der Waals surface area contributed by atoms with Crippen LogP contribution in [0.1, 0.15) is 36.6 Å². The van der Waals surface area contributed by atoms with Crippen molar-refractivity contribution in [2.24, 2.45) is 5.92 Å². The second-order valence-electron chi connectivity index (χ2n) is 9.22. The van der Waals surface area contributed by atoms with Crippen molar-refractivity contribution < 1.29 is 28.6 Å². The smallest absolute Gasteiger partial charge is 0.300 e. The number of aliphatic hydroxyl groups is 1. The van der Waals surface area contributed by atoms with Crippen molar-refractivity contribution in [3.63, 3.8) is 0 Å². The monoisotopic (exact) mass is 523 g/mol. The molecule has 1 aliphatic heterocycles. The zero-order valence-corrected chi connectivity index (χ0v) is 21.7. The molecule has 8 heteroatoms. The maximum atomic E-state index is 13.7. The van der Waals surface area contributed by atoms with Gasteiger partial charge in [-0.15, -0.1) is 0 Å². The van der Waals surface area contributed by atoms with E-state index in [0.717, 1.165) is 5.56 Å². The number of carbonyl (C=O) groups is 2. The summed E-state index contributed by atoms with van der Waals surface area (Å²) in [6, 6.07) is 14.2. The van der Waals surface area contributed by atoms with Crippen LogP contribution >= 0.6 is 11.6 Å². The highest BCUT2D eigenvalue weighted by Gasteiger charge is 2.47. The predicted octanol–water partition coefficient (Wildman–Crippen LogP) is 6.46. The van der Waals surface area contributed by atoms with Crippen molar-refractivity contribution in [2.45, 2.75) is 26.8 Å². The number of ether oxygens (including phenoxy) is 2. The summed E-state index contributed by atoms with van der Waals surface area (Å²) in [6.45, 7) is 6.45. The number of benzene rings is 3. The number of hydrogen-bond donors (Lipinski definition) is 1. The largest absolute Gasteiger partial charge is 0.507 e. The number of nitrogens with zero attached hydrogens (tertiary/aromatic N) is 1. The number of carbonyl (C=O) groups excluding carboxylic acids is 2. The van der Waals surface area contributed by atoms with Crippen LogP contribution in [0.15, 0.2) is 66.2 Å². The Hall–Kier alpha value is -3.84. The van der Waals surface area contributed by atoms with Crippen LogP contribution in [0.25, 0.3) is 5.76 Å². The van der Waals surface area contributed by atoms with Crippen LogP contribution in [0, 0.1) is 18.7 Å². The maximum absolute atomic E-state index is 13.7. The lowest BCUT2D eigenvalue weighted by molar-refractivity contribution is -0.132. The standard InChI is InChI=1S/C29H27ClFNO5/c1-16(2)15-37-23-11-7-19(13-17(23)3)27(33)25-26(18-5-8-20(31)9-6-18)32(29(35)28(25)34)21-10-12-24(36-4)22(30)14-21/h5-14,16,26,33H,15H2,1-4H3/b27-25+. The van der Waals surface area contributed by atoms with E-state index in [1.807, 2.05) is 20.8 Å². The summed E-state index contributed by atoms with van der Waals surface area (Å²) in [5.41, 5.74) is 1.78. The van der Waals surface area contributed by atoms with Gasteiger partial charge in [-0.2, -0.15) is 0 Å². The molecule has 1 saturated heterocycles. The lowest BCUT2D eigenvalue weighted by Crippen LogP contribution is -2.29. The van der Waals surface area contributed by atoms with Crippen LogP contribution in [0.2, 0.25) is 5.02 Å². The van der Waals surface area contributed by atoms with Gasteiger partial charge in [0.05, 0.1) is 30.4 Å². The Morgan fingerprint density at radius 1 is 1.05 bits per heavy atom. The first-order valence-corrected chi connectivity index (χ1v) is 12.1. The highest BCUT2D eigenvalue weighted by Crippen LogP contribution is 2.43. The molecule has 0 aromatic heterocycles. The van der Waals surface area contributed by atoms with Gasteiger partial charge in [0.25, 0.3) is 11.7 Å². The van der Waals surface area contributed by atoms with Crippen molar-refractivity contribution in [2.75, 3.05) is 18.6 Å². The predicted molar refractivity (Wildman–Crippen MR) is 141 cm³/mol. The number of halogens is 2. The van der Waals surface area contributed by atoms with Crippen molar-refractivity contribution in [1.82, 2.24) is 0 Å². The van der Waals surface area contributed by atoms with Gasteiger partial charge >= 0.3 is 0 Å². The zero-order valence-electron chi connectivity index (χ0n) is 20.9. The summed E-state index contributed by atoms with van der Waals surface area (Å²) in [6.07, 6.45) is 0. The highest BCUT2D eigenvalue weighted by molar-refractivity contribution is 6.51. The summed E-state index contributed by atoms with van der Waals surface area (Å²) in [5.74, 6) is -1.12. The average Bonchev–Trinajstić information content (AvgIpc) is 3.13. The van der Waals surface area contributed by atoms with Gasteiger partial charge in [-0.25, -0.2) is 4.39 Å². The normalized spacial score (nSPS) is 16.9. The topological polar surface area (TPSA) is 76.1 Å². The van der Waals surface area contributed by atoms with Crippen LogP contribution in [0.5, 0.6) is 11.5 Å². The molecule has 3 aromatic rings. The van der Waals surface area contributed by atoms with E-state index in [9.17, 15) is 19.1 Å².